The Labute approximate surface area is 250 Å². The molecule has 1 unspecified atom stereocenters. The lowest BCUT2D eigenvalue weighted by Crippen LogP contribution is -2.30. The lowest BCUT2D eigenvalue weighted by molar-refractivity contribution is -0.119. The zero-order valence-corrected chi connectivity index (χ0v) is 24.4. The average molecular weight is 570 g/mol. The van der Waals surface area contributed by atoms with Crippen molar-refractivity contribution in [2.45, 2.75) is 38.6 Å². The molecule has 7 heteroatoms. The number of carbonyl (C=O) groups is 1. The molecule has 4 heterocycles. The second-order valence-corrected chi connectivity index (χ2v) is 12.3. The molecule has 0 saturated carbocycles. The molecule has 0 bridgehead atoms. The van der Waals surface area contributed by atoms with E-state index in [2.05, 4.69) is 76.7 Å². The predicted molar refractivity (Wildman–Crippen MR) is 172 cm³/mol. The van der Waals surface area contributed by atoms with Crippen molar-refractivity contribution in [2.75, 3.05) is 11.9 Å². The largest absolute Gasteiger partial charge is 0.490 e. The van der Waals surface area contributed by atoms with Crippen LogP contribution in [0.1, 0.15) is 36.5 Å². The highest BCUT2D eigenvalue weighted by Crippen LogP contribution is 2.47. The summed E-state index contributed by atoms with van der Waals surface area (Å²) < 4.78 is 6.10. The Bertz CT molecular complexity index is 1950. The molecule has 0 fully saturated rings. The number of carbonyl (C=O) groups excluding carboxylic acids is 1. The minimum atomic E-state index is -0.316. The monoisotopic (exact) mass is 569 g/mol. The number of pyridine rings is 1. The van der Waals surface area contributed by atoms with Crippen LogP contribution in [-0.4, -0.2) is 33.5 Å². The summed E-state index contributed by atoms with van der Waals surface area (Å²) in [6, 6.07) is 24.5. The van der Waals surface area contributed by atoms with Gasteiger partial charge in [0.25, 0.3) is 0 Å². The number of nitrogens with zero attached hydrogens (tertiary/aromatic N) is 1. The van der Waals surface area contributed by atoms with E-state index in [0.717, 1.165) is 39.8 Å². The number of hydrogen-bond donors (Lipinski definition) is 4. The minimum absolute atomic E-state index is 0.0383. The summed E-state index contributed by atoms with van der Waals surface area (Å²) in [5.41, 5.74) is 14.6. The van der Waals surface area contributed by atoms with Crippen LogP contribution in [0.2, 0.25) is 0 Å². The molecule has 0 spiro atoms. The molecule has 43 heavy (non-hydrogen) atoms. The number of aromatic amines is 2. The lowest BCUT2D eigenvalue weighted by atomic mass is 9.71. The number of hydrogen-bond acceptors (Lipinski definition) is 4. The van der Waals surface area contributed by atoms with Gasteiger partial charge in [-0.2, -0.15) is 0 Å². The van der Waals surface area contributed by atoms with Gasteiger partial charge in [-0.15, -0.1) is 0 Å². The van der Waals surface area contributed by atoms with Crippen LogP contribution < -0.4 is 15.8 Å². The molecule has 3 aromatic heterocycles. The molecule has 5 N–H and O–H groups in total. The summed E-state index contributed by atoms with van der Waals surface area (Å²) in [5, 5.41) is 5.51. The summed E-state index contributed by atoms with van der Waals surface area (Å²) in [6.45, 7) is 4.73. The number of aromatic nitrogens is 3. The van der Waals surface area contributed by atoms with Gasteiger partial charge in [-0.25, -0.2) is 0 Å². The van der Waals surface area contributed by atoms with Gasteiger partial charge in [0.1, 0.15) is 12.4 Å². The highest BCUT2D eigenvalue weighted by atomic mass is 16.5. The van der Waals surface area contributed by atoms with E-state index in [-0.39, 0.29) is 23.3 Å². The van der Waals surface area contributed by atoms with E-state index < -0.39 is 0 Å². The summed E-state index contributed by atoms with van der Waals surface area (Å²) in [7, 11) is 0. The molecule has 2 atom stereocenters. The fraction of sp³-hybridized carbons (Fsp3) is 0.222. The molecule has 6 aromatic rings. The van der Waals surface area contributed by atoms with Crippen molar-refractivity contribution in [3.8, 4) is 16.9 Å². The van der Waals surface area contributed by atoms with Crippen LogP contribution in [0, 0.1) is 5.41 Å². The van der Waals surface area contributed by atoms with Crippen LogP contribution >= 0.6 is 0 Å². The summed E-state index contributed by atoms with van der Waals surface area (Å²) >= 11 is 0. The highest BCUT2D eigenvalue weighted by molar-refractivity contribution is 6.04. The van der Waals surface area contributed by atoms with Gasteiger partial charge in [0.05, 0.1) is 12.1 Å². The van der Waals surface area contributed by atoms with Gasteiger partial charge in [-0.1, -0.05) is 56.3 Å². The van der Waals surface area contributed by atoms with E-state index in [9.17, 15) is 4.79 Å². The fourth-order valence-electron chi connectivity index (χ4n) is 6.59. The molecule has 3 aromatic carbocycles. The first-order valence-corrected chi connectivity index (χ1v) is 14.7. The van der Waals surface area contributed by atoms with Crippen LogP contribution in [0.4, 0.5) is 5.69 Å². The normalized spacial score (nSPS) is 15.5. The SMILES string of the molecule is CC(C)(Cc1c[nH]c2ccccc12)C1C(=O)Nc2ccc(-c3cncc(OC[C@@H](N)Cc4c[nH]c5ccccc45)c3)cc21. The maximum absolute atomic E-state index is 13.3. The van der Waals surface area contributed by atoms with Crippen molar-refractivity contribution in [3.63, 3.8) is 0 Å². The number of ether oxygens (including phenoxy) is 1. The van der Waals surface area contributed by atoms with Crippen LogP contribution in [0.25, 0.3) is 32.9 Å². The van der Waals surface area contributed by atoms with Crippen LogP contribution in [-0.2, 0) is 17.6 Å². The molecule has 1 amide bonds. The summed E-state index contributed by atoms with van der Waals surface area (Å²) in [4.78, 5) is 24.5. The van der Waals surface area contributed by atoms with Crippen LogP contribution in [0.15, 0.2) is 97.6 Å². The number of nitrogens with two attached hydrogens (primary N) is 1. The highest BCUT2D eigenvalue weighted by Gasteiger charge is 2.42. The van der Waals surface area contributed by atoms with Gasteiger partial charge in [-0.3, -0.25) is 9.78 Å². The third kappa shape index (κ3) is 5.17. The molecular formula is C36H35N5O2. The standard InChI is InChI=1S/C36H35N5O2/c1-36(2,16-25-19-40-32-10-6-4-8-29(25)32)34-30-15-22(11-12-33(30)41-35(34)42)23-14-27(20-38-17-23)43-21-26(37)13-24-18-39-31-9-5-3-7-28(24)31/h3-12,14-15,17-20,26,34,39-40H,13,16,21,37H2,1-2H3,(H,41,42)/t26-,34?/m0/s1. The van der Waals surface area contributed by atoms with Crippen molar-refractivity contribution in [3.05, 3.63) is 114 Å². The number of para-hydroxylation sites is 2. The van der Waals surface area contributed by atoms with Gasteiger partial charge in [-0.05, 0) is 70.8 Å². The Morgan fingerprint density at radius 1 is 0.884 bits per heavy atom. The van der Waals surface area contributed by atoms with Gasteiger partial charge < -0.3 is 25.8 Å². The van der Waals surface area contributed by atoms with Gasteiger partial charge in [0.2, 0.25) is 5.91 Å². The molecule has 7 rings (SSSR count). The number of anilines is 1. The summed E-state index contributed by atoms with van der Waals surface area (Å²) in [6.07, 6.45) is 9.11. The van der Waals surface area contributed by atoms with E-state index in [1.165, 1.54) is 21.9 Å². The van der Waals surface area contributed by atoms with Crippen molar-refractivity contribution < 1.29 is 9.53 Å². The van der Waals surface area contributed by atoms with Crippen molar-refractivity contribution in [1.29, 1.82) is 0 Å². The number of nitrogens with one attached hydrogen (secondary N) is 3. The maximum atomic E-state index is 13.3. The van der Waals surface area contributed by atoms with E-state index in [0.29, 0.717) is 18.8 Å². The quantitative estimate of drug-likeness (QED) is 0.151. The Morgan fingerprint density at radius 3 is 2.35 bits per heavy atom. The molecule has 7 nitrogen and oxygen atoms in total. The third-order valence-corrected chi connectivity index (χ3v) is 8.65. The van der Waals surface area contributed by atoms with Gasteiger partial charge in [0.15, 0.2) is 0 Å². The summed E-state index contributed by atoms with van der Waals surface area (Å²) in [5.74, 6) is 0.417. The second kappa shape index (κ2) is 10.7. The zero-order valence-electron chi connectivity index (χ0n) is 24.4. The second-order valence-electron chi connectivity index (χ2n) is 12.3. The smallest absolute Gasteiger partial charge is 0.232 e. The first-order chi connectivity index (χ1) is 20.9. The van der Waals surface area contributed by atoms with Crippen molar-refractivity contribution >= 4 is 33.4 Å². The van der Waals surface area contributed by atoms with Crippen LogP contribution in [0.3, 0.4) is 0 Å². The van der Waals surface area contributed by atoms with Gasteiger partial charge >= 0.3 is 0 Å². The number of amides is 1. The molecule has 0 aliphatic carbocycles. The maximum Gasteiger partial charge on any atom is 0.232 e. The molecule has 1 aliphatic rings. The van der Waals surface area contributed by atoms with Crippen molar-refractivity contribution in [1.82, 2.24) is 15.0 Å². The molecule has 216 valence electrons. The molecular weight excluding hydrogens is 534 g/mol. The Balaban J connectivity index is 1.08. The zero-order chi connectivity index (χ0) is 29.6. The fourth-order valence-corrected chi connectivity index (χ4v) is 6.59. The van der Waals surface area contributed by atoms with E-state index in [4.69, 9.17) is 10.5 Å². The number of rotatable bonds is 9. The molecule has 0 radical (unpaired) electrons. The van der Waals surface area contributed by atoms with E-state index in [1.807, 2.05) is 48.8 Å². The third-order valence-electron chi connectivity index (χ3n) is 8.65. The number of H-pyrrole nitrogens is 2. The number of benzene rings is 3. The average Bonchev–Trinajstić information content (AvgIpc) is 3.71. The topological polar surface area (TPSA) is 109 Å². The van der Waals surface area contributed by atoms with Crippen molar-refractivity contribution in [2.24, 2.45) is 11.1 Å². The molecule has 1 aliphatic heterocycles. The van der Waals surface area contributed by atoms with Crippen LogP contribution in [0.5, 0.6) is 5.75 Å². The lowest BCUT2D eigenvalue weighted by Gasteiger charge is -2.30. The van der Waals surface area contributed by atoms with E-state index in [1.54, 1.807) is 6.20 Å². The first kappa shape index (κ1) is 27.0. The van der Waals surface area contributed by atoms with E-state index >= 15 is 0 Å². The Hall–Kier alpha value is -4.88. The minimum Gasteiger partial charge on any atom is -0.490 e. The Morgan fingerprint density at radius 2 is 1.58 bits per heavy atom. The molecule has 0 saturated heterocycles. The Kier molecular flexibility index (Phi) is 6.75. The number of fused-ring (bicyclic) bond motifs is 3. The predicted octanol–water partition coefficient (Wildman–Crippen LogP) is 6.96. The van der Waals surface area contributed by atoms with Gasteiger partial charge in [0, 0.05) is 57.7 Å². The first-order valence-electron chi connectivity index (χ1n) is 14.7.